The first-order valence-electron chi connectivity index (χ1n) is 5.24. The Morgan fingerprint density at radius 3 is 2.89 bits per heavy atom. The number of hydrogen-bond donors (Lipinski definition) is 1. The Hall–Kier alpha value is -2.08. The lowest BCUT2D eigenvalue weighted by Gasteiger charge is -2.06. The smallest absolute Gasteiger partial charge is 0.203 e. The molecule has 1 heterocycles. The molecule has 0 saturated carbocycles. The van der Waals surface area contributed by atoms with Crippen molar-refractivity contribution < 1.29 is 9.47 Å². The molecule has 0 aliphatic rings. The van der Waals surface area contributed by atoms with Crippen LogP contribution >= 0.6 is 11.3 Å². The Morgan fingerprint density at radius 1 is 1.33 bits per heavy atom. The van der Waals surface area contributed by atoms with Crippen LogP contribution in [0.4, 0.5) is 5.13 Å². The van der Waals surface area contributed by atoms with Crippen molar-refractivity contribution in [3.63, 3.8) is 0 Å². The van der Waals surface area contributed by atoms with Gasteiger partial charge in [0.05, 0.1) is 20.4 Å². The minimum atomic E-state index is 0.737. The van der Waals surface area contributed by atoms with Crippen LogP contribution in [0.3, 0.4) is 0 Å². The van der Waals surface area contributed by atoms with E-state index < -0.39 is 0 Å². The molecule has 0 unspecified atom stereocenters. The van der Waals surface area contributed by atoms with Crippen molar-refractivity contribution in [2.75, 3.05) is 19.6 Å². The molecule has 0 aliphatic heterocycles. The van der Waals surface area contributed by atoms with E-state index in [2.05, 4.69) is 15.5 Å². The van der Waals surface area contributed by atoms with E-state index in [4.69, 9.17) is 9.47 Å². The third-order valence-electron chi connectivity index (χ3n) is 2.23. The maximum absolute atomic E-state index is 5.24. The molecular weight excluding hydrogens is 250 g/mol. The highest BCUT2D eigenvalue weighted by molar-refractivity contribution is 7.13. The molecule has 1 aromatic carbocycles. The number of hydrogen-bond acceptors (Lipinski definition) is 6. The maximum Gasteiger partial charge on any atom is 0.203 e. The summed E-state index contributed by atoms with van der Waals surface area (Å²) >= 11 is 1.48. The van der Waals surface area contributed by atoms with Crippen LogP contribution in [0, 0.1) is 0 Å². The van der Waals surface area contributed by atoms with Crippen LogP contribution in [0.5, 0.6) is 11.5 Å². The quantitative estimate of drug-likeness (QED) is 0.665. The van der Waals surface area contributed by atoms with Crippen LogP contribution < -0.4 is 14.9 Å². The van der Waals surface area contributed by atoms with Crippen LogP contribution in [0.2, 0.25) is 0 Å². The van der Waals surface area contributed by atoms with Gasteiger partial charge >= 0.3 is 0 Å². The standard InChI is InChI=1S/C12H13N3O2S/c1-16-10-3-4-11(17-2)9(7-10)8-14-15-12-13-5-6-18-12/h3-8H,1-2H3,(H,13,15)/b14-8+. The molecule has 1 N–H and O–H groups in total. The first-order chi connectivity index (χ1) is 8.83. The van der Waals surface area contributed by atoms with E-state index in [0.717, 1.165) is 22.2 Å². The molecule has 5 nitrogen and oxygen atoms in total. The molecule has 0 amide bonds. The van der Waals surface area contributed by atoms with Gasteiger partial charge in [-0.25, -0.2) is 4.98 Å². The molecule has 0 saturated heterocycles. The number of benzene rings is 1. The first kappa shape index (κ1) is 12.4. The lowest BCUT2D eigenvalue weighted by molar-refractivity contribution is 0.402. The van der Waals surface area contributed by atoms with Crippen molar-refractivity contribution in [1.82, 2.24) is 4.98 Å². The normalized spacial score (nSPS) is 10.6. The molecule has 6 heteroatoms. The monoisotopic (exact) mass is 263 g/mol. The van der Waals surface area contributed by atoms with E-state index in [1.165, 1.54) is 11.3 Å². The zero-order valence-corrected chi connectivity index (χ0v) is 10.9. The van der Waals surface area contributed by atoms with E-state index >= 15 is 0 Å². The Morgan fingerprint density at radius 2 is 2.22 bits per heavy atom. The molecule has 0 atom stereocenters. The van der Waals surface area contributed by atoms with E-state index in [9.17, 15) is 0 Å². The maximum atomic E-state index is 5.24. The second-order valence-electron chi connectivity index (χ2n) is 3.32. The number of methoxy groups -OCH3 is 2. The topological polar surface area (TPSA) is 55.7 Å². The lowest BCUT2D eigenvalue weighted by Crippen LogP contribution is -1.95. The fraction of sp³-hybridized carbons (Fsp3) is 0.167. The Labute approximate surface area is 109 Å². The largest absolute Gasteiger partial charge is 0.497 e. The molecule has 18 heavy (non-hydrogen) atoms. The van der Waals surface area contributed by atoms with Crippen molar-refractivity contribution in [2.24, 2.45) is 5.10 Å². The highest BCUT2D eigenvalue weighted by atomic mass is 32.1. The summed E-state index contributed by atoms with van der Waals surface area (Å²) in [6.07, 6.45) is 3.39. The van der Waals surface area contributed by atoms with Gasteiger partial charge < -0.3 is 9.47 Å². The van der Waals surface area contributed by atoms with Gasteiger partial charge in [-0.2, -0.15) is 5.10 Å². The number of hydrazone groups is 1. The summed E-state index contributed by atoms with van der Waals surface area (Å²) in [4.78, 5) is 4.06. The third-order valence-corrected chi connectivity index (χ3v) is 2.91. The molecule has 0 radical (unpaired) electrons. The van der Waals surface area contributed by atoms with Gasteiger partial charge in [0.2, 0.25) is 5.13 Å². The summed E-state index contributed by atoms with van der Waals surface area (Å²) in [6.45, 7) is 0. The van der Waals surface area contributed by atoms with Crippen molar-refractivity contribution in [3.8, 4) is 11.5 Å². The third kappa shape index (κ3) is 2.98. The van der Waals surface area contributed by atoms with E-state index in [-0.39, 0.29) is 0 Å². The van der Waals surface area contributed by atoms with Crippen molar-refractivity contribution >= 4 is 22.7 Å². The van der Waals surface area contributed by atoms with Gasteiger partial charge in [-0.05, 0) is 18.2 Å². The van der Waals surface area contributed by atoms with E-state index in [1.807, 2.05) is 23.6 Å². The van der Waals surface area contributed by atoms with Crippen LogP contribution in [0.1, 0.15) is 5.56 Å². The van der Waals surface area contributed by atoms with E-state index in [1.54, 1.807) is 26.6 Å². The molecule has 1 aromatic heterocycles. The molecule has 2 rings (SSSR count). The SMILES string of the molecule is COc1ccc(OC)c(/C=N/Nc2nccs2)c1. The predicted octanol–water partition coefficient (Wildman–Crippen LogP) is 2.61. The predicted molar refractivity (Wildman–Crippen MR) is 72.9 cm³/mol. The number of rotatable bonds is 5. The Bertz CT molecular complexity index is 526. The van der Waals surface area contributed by atoms with Gasteiger partial charge in [0.1, 0.15) is 11.5 Å². The fourth-order valence-electron chi connectivity index (χ4n) is 1.38. The number of nitrogens with one attached hydrogen (secondary N) is 1. The van der Waals surface area contributed by atoms with Crippen LogP contribution in [-0.4, -0.2) is 25.4 Å². The van der Waals surface area contributed by atoms with Crippen molar-refractivity contribution in [3.05, 3.63) is 35.3 Å². The molecule has 2 aromatic rings. The number of anilines is 1. The van der Waals surface area contributed by atoms with Gasteiger partial charge in [0.25, 0.3) is 0 Å². The summed E-state index contributed by atoms with van der Waals surface area (Å²) in [7, 11) is 3.24. The lowest BCUT2D eigenvalue weighted by atomic mass is 10.2. The average molecular weight is 263 g/mol. The zero-order valence-electron chi connectivity index (χ0n) is 10.1. The minimum Gasteiger partial charge on any atom is -0.497 e. The summed E-state index contributed by atoms with van der Waals surface area (Å²) in [5.74, 6) is 1.49. The molecule has 0 bridgehead atoms. The summed E-state index contributed by atoms with van der Waals surface area (Å²) in [6, 6.07) is 5.53. The molecule has 0 spiro atoms. The Balaban J connectivity index is 2.13. The minimum absolute atomic E-state index is 0.737. The molecule has 94 valence electrons. The highest BCUT2D eigenvalue weighted by Gasteiger charge is 2.02. The van der Waals surface area contributed by atoms with Crippen molar-refractivity contribution in [1.29, 1.82) is 0 Å². The van der Waals surface area contributed by atoms with Gasteiger partial charge in [-0.15, -0.1) is 11.3 Å². The number of thiazole rings is 1. The van der Waals surface area contributed by atoms with Gasteiger partial charge in [-0.3, -0.25) is 5.43 Å². The van der Waals surface area contributed by atoms with Crippen LogP contribution in [-0.2, 0) is 0 Å². The molecule has 0 aliphatic carbocycles. The van der Waals surface area contributed by atoms with Crippen molar-refractivity contribution in [2.45, 2.75) is 0 Å². The van der Waals surface area contributed by atoms with E-state index in [0.29, 0.717) is 0 Å². The Kier molecular flexibility index (Phi) is 4.14. The van der Waals surface area contributed by atoms with Crippen LogP contribution in [0.25, 0.3) is 0 Å². The summed E-state index contributed by atoms with van der Waals surface area (Å²) < 4.78 is 10.4. The number of nitrogens with zero attached hydrogens (tertiary/aromatic N) is 2. The summed E-state index contributed by atoms with van der Waals surface area (Å²) in [5.41, 5.74) is 3.68. The second kappa shape index (κ2) is 6.02. The second-order valence-corrected chi connectivity index (χ2v) is 4.21. The first-order valence-corrected chi connectivity index (χ1v) is 6.12. The summed E-state index contributed by atoms with van der Waals surface area (Å²) in [5, 5.41) is 6.73. The fourth-order valence-corrected chi connectivity index (χ4v) is 1.85. The van der Waals surface area contributed by atoms with Gasteiger partial charge in [0.15, 0.2) is 0 Å². The average Bonchev–Trinajstić information content (AvgIpc) is 2.92. The molecule has 0 fully saturated rings. The molecular formula is C12H13N3O2S. The highest BCUT2D eigenvalue weighted by Crippen LogP contribution is 2.22. The van der Waals surface area contributed by atoms with Gasteiger partial charge in [0, 0.05) is 17.1 Å². The zero-order chi connectivity index (χ0) is 12.8. The van der Waals surface area contributed by atoms with Crippen LogP contribution in [0.15, 0.2) is 34.9 Å². The van der Waals surface area contributed by atoms with Gasteiger partial charge in [-0.1, -0.05) is 0 Å². The number of aromatic nitrogens is 1. The number of ether oxygens (including phenoxy) is 2.